The molecule has 2 N–H and O–H groups in total. The third-order valence-electron chi connectivity index (χ3n) is 5.91. The van der Waals surface area contributed by atoms with Crippen LogP contribution in [0.4, 0.5) is 0 Å². The van der Waals surface area contributed by atoms with Crippen LogP contribution in [0.3, 0.4) is 0 Å². The first-order chi connectivity index (χ1) is 15.4. The lowest BCUT2D eigenvalue weighted by molar-refractivity contribution is 0.0273. The van der Waals surface area contributed by atoms with Gasteiger partial charge in [0.2, 0.25) is 15.6 Å². The van der Waals surface area contributed by atoms with E-state index in [1.807, 2.05) is 0 Å². The van der Waals surface area contributed by atoms with Crippen molar-refractivity contribution >= 4 is 26.8 Å². The predicted molar refractivity (Wildman–Crippen MR) is 124 cm³/mol. The van der Waals surface area contributed by atoms with Gasteiger partial charge < -0.3 is 15.0 Å². The van der Waals surface area contributed by atoms with Gasteiger partial charge in [-0.15, -0.1) is 0 Å². The predicted octanol–water partition coefficient (Wildman–Crippen LogP) is 3.03. The molecule has 1 aromatic heterocycles. The van der Waals surface area contributed by atoms with Crippen molar-refractivity contribution in [3.63, 3.8) is 0 Å². The van der Waals surface area contributed by atoms with Crippen molar-refractivity contribution in [2.75, 3.05) is 26.2 Å². The number of carbonyl (C=O) groups excluding carboxylic acids is 1. The molecule has 176 valence electrons. The van der Waals surface area contributed by atoms with E-state index in [-0.39, 0.29) is 10.5 Å². The zero-order valence-electron chi connectivity index (χ0n) is 18.9. The second-order valence-corrected chi connectivity index (χ2v) is 10.0. The normalized spacial score (nSPS) is 15.3. The second-order valence-electron chi connectivity index (χ2n) is 8.08. The van der Waals surface area contributed by atoms with Crippen LogP contribution in [0.25, 0.3) is 10.9 Å². The minimum atomic E-state index is -3.69. The molecule has 3 rings (SSSR count). The average molecular weight is 464 g/mol. The van der Waals surface area contributed by atoms with Crippen LogP contribution in [0.5, 0.6) is 0 Å². The number of pyridine rings is 1. The number of hydrogen-bond donors (Lipinski definition) is 2. The maximum atomic E-state index is 12.9. The number of nitrogens with one attached hydrogen (secondary N) is 2. The number of hydrogen-bond acceptors (Lipinski definition) is 5. The van der Waals surface area contributed by atoms with E-state index in [2.05, 4.69) is 10.3 Å². The van der Waals surface area contributed by atoms with Crippen molar-refractivity contribution < 1.29 is 17.9 Å². The largest absolute Gasteiger partial charge is 0.378 e. The highest BCUT2D eigenvalue weighted by Gasteiger charge is 2.23. The summed E-state index contributed by atoms with van der Waals surface area (Å²) in [6.07, 6.45) is 6.89. The van der Waals surface area contributed by atoms with Crippen molar-refractivity contribution in [2.45, 2.75) is 63.4 Å². The first-order valence-electron chi connectivity index (χ1n) is 11.4. The summed E-state index contributed by atoms with van der Waals surface area (Å²) < 4.78 is 33.0. The fourth-order valence-corrected chi connectivity index (χ4v) is 5.63. The number of carbonyl (C=O) groups is 1. The van der Waals surface area contributed by atoms with Crippen LogP contribution in [0, 0.1) is 0 Å². The maximum absolute atomic E-state index is 12.9. The van der Waals surface area contributed by atoms with Crippen LogP contribution in [-0.2, 0) is 14.8 Å². The molecule has 0 aliphatic heterocycles. The molecule has 0 atom stereocenters. The smallest absolute Gasteiger partial charge is 0.252 e. The van der Waals surface area contributed by atoms with Crippen LogP contribution in [-0.4, -0.2) is 56.0 Å². The standard InChI is InChI=1S/C23H33N3O5S/c1-3-26(4-2)32(29,30)18-11-12-21-19(15-18)20(16-22(27)25-21)23(28)24-13-8-14-31-17-9-6-5-7-10-17/h11-12,15-17H,3-10,13-14H2,1-2H3,(H,24,28)(H,25,27). The topological polar surface area (TPSA) is 109 Å². The van der Waals surface area contributed by atoms with Crippen molar-refractivity contribution in [1.29, 1.82) is 0 Å². The third-order valence-corrected chi connectivity index (χ3v) is 7.96. The Morgan fingerprint density at radius 2 is 1.88 bits per heavy atom. The zero-order valence-corrected chi connectivity index (χ0v) is 19.7. The van der Waals surface area contributed by atoms with Crippen molar-refractivity contribution in [3.8, 4) is 0 Å². The highest BCUT2D eigenvalue weighted by molar-refractivity contribution is 7.89. The number of ether oxygens (including phenoxy) is 1. The third kappa shape index (κ3) is 5.76. The Morgan fingerprint density at radius 1 is 1.16 bits per heavy atom. The lowest BCUT2D eigenvalue weighted by atomic mass is 9.98. The summed E-state index contributed by atoms with van der Waals surface area (Å²) in [7, 11) is -3.69. The molecule has 1 aliphatic rings. The van der Waals surface area contributed by atoms with Crippen LogP contribution < -0.4 is 10.9 Å². The zero-order chi connectivity index (χ0) is 23.1. The Hall–Kier alpha value is -2.23. The molecule has 9 heteroatoms. The fraction of sp³-hybridized carbons (Fsp3) is 0.565. The summed E-state index contributed by atoms with van der Waals surface area (Å²) in [4.78, 5) is 27.6. The summed E-state index contributed by atoms with van der Waals surface area (Å²) in [6, 6.07) is 5.65. The highest BCUT2D eigenvalue weighted by atomic mass is 32.2. The van der Waals surface area contributed by atoms with Gasteiger partial charge in [-0.3, -0.25) is 9.59 Å². The Balaban J connectivity index is 1.73. The minimum Gasteiger partial charge on any atom is -0.378 e. The molecular formula is C23H33N3O5S. The summed E-state index contributed by atoms with van der Waals surface area (Å²) in [6.45, 7) is 5.23. The van der Waals surface area contributed by atoms with E-state index in [9.17, 15) is 18.0 Å². The number of aromatic amines is 1. The monoisotopic (exact) mass is 463 g/mol. The maximum Gasteiger partial charge on any atom is 0.252 e. The summed E-state index contributed by atoms with van der Waals surface area (Å²) >= 11 is 0. The molecule has 1 fully saturated rings. The van der Waals surface area contributed by atoms with Crippen LogP contribution in [0.2, 0.25) is 0 Å². The van der Waals surface area contributed by atoms with Gasteiger partial charge in [0.15, 0.2) is 0 Å². The number of H-pyrrole nitrogens is 1. The van der Waals surface area contributed by atoms with Gasteiger partial charge in [0.1, 0.15) is 0 Å². The quantitative estimate of drug-likeness (QED) is 0.527. The Bertz CT molecular complexity index is 1090. The van der Waals surface area contributed by atoms with Crippen molar-refractivity contribution in [3.05, 3.63) is 40.2 Å². The lowest BCUT2D eigenvalue weighted by Gasteiger charge is -2.21. The molecule has 1 amide bonds. The number of amides is 1. The van der Waals surface area contributed by atoms with Gasteiger partial charge in [-0.1, -0.05) is 33.1 Å². The van der Waals surface area contributed by atoms with Gasteiger partial charge in [-0.25, -0.2) is 8.42 Å². The van der Waals surface area contributed by atoms with Gasteiger partial charge in [0, 0.05) is 43.2 Å². The number of sulfonamides is 1. The number of nitrogens with zero attached hydrogens (tertiary/aromatic N) is 1. The molecule has 32 heavy (non-hydrogen) atoms. The lowest BCUT2D eigenvalue weighted by Crippen LogP contribution is -2.30. The number of aromatic nitrogens is 1. The highest BCUT2D eigenvalue weighted by Crippen LogP contribution is 2.23. The van der Waals surface area contributed by atoms with Crippen molar-refractivity contribution in [1.82, 2.24) is 14.6 Å². The van der Waals surface area contributed by atoms with Gasteiger partial charge >= 0.3 is 0 Å². The molecule has 0 bridgehead atoms. The Labute approximate surface area is 189 Å². The summed E-state index contributed by atoms with van der Waals surface area (Å²) in [5, 5.41) is 3.22. The molecule has 8 nitrogen and oxygen atoms in total. The average Bonchev–Trinajstić information content (AvgIpc) is 2.79. The van der Waals surface area contributed by atoms with Crippen molar-refractivity contribution in [2.24, 2.45) is 0 Å². The van der Waals surface area contributed by atoms with Crippen LogP contribution in [0.15, 0.2) is 34.0 Å². The molecule has 0 saturated heterocycles. The molecule has 1 aliphatic carbocycles. The van der Waals surface area contributed by atoms with E-state index < -0.39 is 21.5 Å². The molecule has 1 aromatic carbocycles. The summed E-state index contributed by atoms with van der Waals surface area (Å²) in [5.41, 5.74) is 0.165. The van der Waals surface area contributed by atoms with E-state index in [1.54, 1.807) is 13.8 Å². The molecule has 2 aromatic rings. The van der Waals surface area contributed by atoms with E-state index in [0.717, 1.165) is 12.8 Å². The Morgan fingerprint density at radius 3 is 2.56 bits per heavy atom. The first kappa shape index (κ1) is 24.4. The van der Waals surface area contributed by atoms with Gasteiger partial charge in [-0.2, -0.15) is 4.31 Å². The molecule has 0 unspecified atom stereocenters. The SMILES string of the molecule is CCN(CC)S(=O)(=O)c1ccc2[nH]c(=O)cc(C(=O)NCCCOC3CCCCC3)c2c1. The number of benzene rings is 1. The first-order valence-corrected chi connectivity index (χ1v) is 12.9. The van der Waals surface area contributed by atoms with E-state index in [1.165, 1.54) is 47.8 Å². The summed E-state index contributed by atoms with van der Waals surface area (Å²) in [5.74, 6) is -0.406. The van der Waals surface area contributed by atoms with Crippen LogP contribution in [0.1, 0.15) is 62.7 Å². The van der Waals surface area contributed by atoms with Gasteiger partial charge in [-0.05, 0) is 37.5 Å². The minimum absolute atomic E-state index is 0.0932. The second kappa shape index (κ2) is 11.1. The van der Waals surface area contributed by atoms with Crippen LogP contribution >= 0.6 is 0 Å². The van der Waals surface area contributed by atoms with E-state index in [0.29, 0.717) is 49.7 Å². The molecule has 1 saturated carbocycles. The van der Waals surface area contributed by atoms with E-state index >= 15 is 0 Å². The molecule has 0 spiro atoms. The van der Waals surface area contributed by atoms with Gasteiger partial charge in [0.25, 0.3) is 5.91 Å². The number of rotatable bonds is 10. The molecule has 0 radical (unpaired) electrons. The van der Waals surface area contributed by atoms with Gasteiger partial charge in [0.05, 0.1) is 16.6 Å². The molecule has 1 heterocycles. The van der Waals surface area contributed by atoms with E-state index in [4.69, 9.17) is 4.74 Å². The fourth-order valence-electron chi connectivity index (χ4n) is 4.14. The Kier molecular flexibility index (Phi) is 8.44. The molecular weight excluding hydrogens is 430 g/mol. The number of fused-ring (bicyclic) bond motifs is 1.